The minimum Gasteiger partial charge on any atom is -0.478 e. The first-order valence-electron chi connectivity index (χ1n) is 5.97. The third kappa shape index (κ3) is 1.55. The lowest BCUT2D eigenvalue weighted by atomic mass is 9.63. The highest BCUT2D eigenvalue weighted by Crippen LogP contribution is 2.50. The van der Waals surface area contributed by atoms with Gasteiger partial charge in [-0.25, -0.2) is 4.79 Å². The lowest BCUT2D eigenvalue weighted by Gasteiger charge is -2.57. The zero-order valence-corrected chi connectivity index (χ0v) is 9.65. The van der Waals surface area contributed by atoms with Crippen molar-refractivity contribution in [3.8, 4) is 0 Å². The normalized spacial score (nSPS) is 20.8. The summed E-state index contributed by atoms with van der Waals surface area (Å²) < 4.78 is 0. The fourth-order valence-corrected chi connectivity index (χ4v) is 2.90. The van der Waals surface area contributed by atoms with Gasteiger partial charge in [0.25, 0.3) is 0 Å². The highest BCUT2D eigenvalue weighted by Gasteiger charge is 2.47. The molecule has 1 aliphatic carbocycles. The van der Waals surface area contributed by atoms with E-state index in [2.05, 4.69) is 4.90 Å². The first-order valence-corrected chi connectivity index (χ1v) is 5.97. The molecule has 2 fully saturated rings. The molecule has 1 aliphatic heterocycles. The predicted molar refractivity (Wildman–Crippen MR) is 66.3 cm³/mol. The largest absolute Gasteiger partial charge is 0.478 e. The molecule has 1 saturated heterocycles. The van der Waals surface area contributed by atoms with Crippen LogP contribution < -0.4 is 10.6 Å². The van der Waals surface area contributed by atoms with Crippen molar-refractivity contribution in [2.75, 3.05) is 23.7 Å². The first kappa shape index (κ1) is 10.4. The molecular formula is C13H16N2O2. The summed E-state index contributed by atoms with van der Waals surface area (Å²) in [6.45, 7) is 2.15. The number of nitrogens with two attached hydrogens (primary N) is 1. The third-order valence-corrected chi connectivity index (χ3v) is 4.08. The van der Waals surface area contributed by atoms with Crippen LogP contribution in [0.5, 0.6) is 0 Å². The maximum Gasteiger partial charge on any atom is 0.335 e. The van der Waals surface area contributed by atoms with Crippen LogP contribution in [0.2, 0.25) is 0 Å². The predicted octanol–water partition coefficient (Wildman–Crippen LogP) is 1.96. The molecule has 1 heterocycles. The van der Waals surface area contributed by atoms with E-state index in [9.17, 15) is 4.79 Å². The summed E-state index contributed by atoms with van der Waals surface area (Å²) in [5.74, 6) is -0.928. The number of carbonyl (C=O) groups is 1. The van der Waals surface area contributed by atoms with Crippen LogP contribution >= 0.6 is 0 Å². The van der Waals surface area contributed by atoms with E-state index in [1.165, 1.54) is 19.3 Å². The van der Waals surface area contributed by atoms with Crippen molar-refractivity contribution in [2.45, 2.75) is 19.3 Å². The van der Waals surface area contributed by atoms with Crippen LogP contribution in [-0.4, -0.2) is 24.2 Å². The van der Waals surface area contributed by atoms with Crippen molar-refractivity contribution in [1.29, 1.82) is 0 Å². The van der Waals surface area contributed by atoms with E-state index in [0.717, 1.165) is 18.8 Å². The summed E-state index contributed by atoms with van der Waals surface area (Å²) in [6, 6.07) is 4.99. The zero-order chi connectivity index (χ0) is 12.0. The lowest BCUT2D eigenvalue weighted by Crippen LogP contribution is -2.60. The molecule has 0 amide bonds. The van der Waals surface area contributed by atoms with Crippen molar-refractivity contribution in [3.63, 3.8) is 0 Å². The van der Waals surface area contributed by atoms with Gasteiger partial charge in [0, 0.05) is 18.5 Å². The van der Waals surface area contributed by atoms with Gasteiger partial charge < -0.3 is 15.7 Å². The molecule has 0 aromatic heterocycles. The molecule has 1 spiro atoms. The van der Waals surface area contributed by atoms with Crippen molar-refractivity contribution in [2.24, 2.45) is 5.41 Å². The SMILES string of the molecule is Nc1cc(C(=O)O)ccc1N1CC2(CCC2)C1. The van der Waals surface area contributed by atoms with Gasteiger partial charge in [-0.3, -0.25) is 0 Å². The topological polar surface area (TPSA) is 66.6 Å². The van der Waals surface area contributed by atoms with Crippen LogP contribution in [0.1, 0.15) is 29.6 Å². The van der Waals surface area contributed by atoms with Gasteiger partial charge in [0.05, 0.1) is 16.9 Å². The zero-order valence-electron chi connectivity index (χ0n) is 9.65. The molecule has 4 nitrogen and oxygen atoms in total. The molecule has 3 rings (SSSR count). The van der Waals surface area contributed by atoms with Crippen molar-refractivity contribution in [1.82, 2.24) is 0 Å². The maximum atomic E-state index is 10.8. The Morgan fingerprint density at radius 3 is 2.53 bits per heavy atom. The van der Waals surface area contributed by atoms with Crippen LogP contribution in [-0.2, 0) is 0 Å². The fourth-order valence-electron chi connectivity index (χ4n) is 2.90. The van der Waals surface area contributed by atoms with Gasteiger partial charge in [0.15, 0.2) is 0 Å². The standard InChI is InChI=1S/C13H16N2O2/c14-10-6-9(12(16)17)2-3-11(10)15-7-13(8-15)4-1-5-13/h2-3,6H,1,4-5,7-8,14H2,(H,16,17). The summed E-state index contributed by atoms with van der Waals surface area (Å²) in [4.78, 5) is 13.1. The quantitative estimate of drug-likeness (QED) is 0.765. The van der Waals surface area contributed by atoms with Crippen molar-refractivity contribution in [3.05, 3.63) is 23.8 Å². The number of nitrogen functional groups attached to an aromatic ring is 1. The summed E-state index contributed by atoms with van der Waals surface area (Å²) in [6.07, 6.45) is 4.01. The minimum atomic E-state index is -0.928. The summed E-state index contributed by atoms with van der Waals surface area (Å²) in [5.41, 5.74) is 8.27. The number of hydrogen-bond acceptors (Lipinski definition) is 3. The summed E-state index contributed by atoms with van der Waals surface area (Å²) in [7, 11) is 0. The second kappa shape index (κ2) is 3.39. The Morgan fingerprint density at radius 2 is 2.06 bits per heavy atom. The molecule has 1 aromatic carbocycles. The van der Waals surface area contributed by atoms with E-state index in [0.29, 0.717) is 11.1 Å². The molecule has 0 radical (unpaired) electrons. The van der Waals surface area contributed by atoms with E-state index in [1.54, 1.807) is 12.1 Å². The highest BCUT2D eigenvalue weighted by molar-refractivity contribution is 5.90. The molecule has 0 bridgehead atoms. The highest BCUT2D eigenvalue weighted by atomic mass is 16.4. The van der Waals surface area contributed by atoms with E-state index in [4.69, 9.17) is 10.8 Å². The van der Waals surface area contributed by atoms with E-state index in [-0.39, 0.29) is 5.56 Å². The van der Waals surface area contributed by atoms with Gasteiger partial charge in [-0.15, -0.1) is 0 Å². The molecule has 90 valence electrons. The van der Waals surface area contributed by atoms with E-state index in [1.807, 2.05) is 6.07 Å². The number of hydrogen-bond donors (Lipinski definition) is 2. The van der Waals surface area contributed by atoms with Gasteiger partial charge in [0.1, 0.15) is 0 Å². The smallest absolute Gasteiger partial charge is 0.335 e. The number of carboxylic acid groups (broad SMARTS) is 1. The van der Waals surface area contributed by atoms with E-state index >= 15 is 0 Å². The Kier molecular flexibility index (Phi) is 2.08. The third-order valence-electron chi connectivity index (χ3n) is 4.08. The van der Waals surface area contributed by atoms with Gasteiger partial charge in [-0.1, -0.05) is 6.42 Å². The van der Waals surface area contributed by atoms with Crippen molar-refractivity contribution >= 4 is 17.3 Å². The minimum absolute atomic E-state index is 0.255. The molecule has 3 N–H and O–H groups in total. The molecule has 2 aliphatic rings. The van der Waals surface area contributed by atoms with Crippen LogP contribution in [0.4, 0.5) is 11.4 Å². The number of aromatic carboxylic acids is 1. The number of rotatable bonds is 2. The van der Waals surface area contributed by atoms with E-state index < -0.39 is 5.97 Å². The van der Waals surface area contributed by atoms with Gasteiger partial charge >= 0.3 is 5.97 Å². The van der Waals surface area contributed by atoms with Crippen LogP contribution in [0.25, 0.3) is 0 Å². The molecular weight excluding hydrogens is 216 g/mol. The lowest BCUT2D eigenvalue weighted by molar-refractivity contribution is 0.0696. The average Bonchev–Trinajstić information content (AvgIpc) is 2.15. The number of benzene rings is 1. The molecule has 0 atom stereocenters. The second-order valence-electron chi connectivity index (χ2n) is 5.29. The Hall–Kier alpha value is -1.71. The van der Waals surface area contributed by atoms with Crippen LogP contribution in [0.3, 0.4) is 0 Å². The molecule has 4 heteroatoms. The second-order valence-corrected chi connectivity index (χ2v) is 5.29. The van der Waals surface area contributed by atoms with Crippen molar-refractivity contribution < 1.29 is 9.90 Å². The Bertz CT molecular complexity index is 472. The molecule has 1 aromatic rings. The fraction of sp³-hybridized carbons (Fsp3) is 0.462. The number of anilines is 2. The molecule has 1 saturated carbocycles. The van der Waals surface area contributed by atoms with Crippen LogP contribution in [0, 0.1) is 5.41 Å². The molecule has 0 unspecified atom stereocenters. The summed E-state index contributed by atoms with van der Waals surface area (Å²) >= 11 is 0. The first-order chi connectivity index (χ1) is 8.10. The molecule has 17 heavy (non-hydrogen) atoms. The summed E-state index contributed by atoms with van der Waals surface area (Å²) in [5, 5.41) is 8.87. The van der Waals surface area contributed by atoms with Gasteiger partial charge in [-0.05, 0) is 31.0 Å². The maximum absolute atomic E-state index is 10.8. The number of carboxylic acids is 1. The average molecular weight is 232 g/mol. The van der Waals surface area contributed by atoms with Gasteiger partial charge in [-0.2, -0.15) is 0 Å². The van der Waals surface area contributed by atoms with Gasteiger partial charge in [0.2, 0.25) is 0 Å². The Morgan fingerprint density at radius 1 is 1.35 bits per heavy atom. The monoisotopic (exact) mass is 232 g/mol. The Labute approximate surface area is 100 Å². The Balaban J connectivity index is 1.78. The van der Waals surface area contributed by atoms with Crippen LogP contribution in [0.15, 0.2) is 18.2 Å². The number of nitrogens with zero attached hydrogens (tertiary/aromatic N) is 1.